The van der Waals surface area contributed by atoms with Gasteiger partial charge in [-0.25, -0.2) is 0 Å². The quantitative estimate of drug-likeness (QED) is 0.794. The van der Waals surface area contributed by atoms with Crippen LogP contribution in [0.5, 0.6) is 0 Å². The number of ether oxygens (including phenoxy) is 1. The Morgan fingerprint density at radius 3 is 2.76 bits per heavy atom. The molecule has 0 amide bonds. The van der Waals surface area contributed by atoms with Crippen LogP contribution in [-0.4, -0.2) is 50.8 Å². The third kappa shape index (κ3) is 4.94. The van der Waals surface area contributed by atoms with E-state index in [0.29, 0.717) is 6.04 Å². The molecule has 1 saturated heterocycles. The molecule has 3 nitrogen and oxygen atoms in total. The molecule has 2 rings (SSSR count). The van der Waals surface area contributed by atoms with Crippen LogP contribution in [0.2, 0.25) is 0 Å². The van der Waals surface area contributed by atoms with Gasteiger partial charge in [0, 0.05) is 19.1 Å². The first-order chi connectivity index (χ1) is 8.34. The Balaban J connectivity index is 1.57. The highest BCUT2D eigenvalue weighted by Gasteiger charge is 2.17. The van der Waals surface area contributed by atoms with Gasteiger partial charge in [0.15, 0.2) is 0 Å². The molecule has 1 N–H and O–H groups in total. The van der Waals surface area contributed by atoms with E-state index >= 15 is 0 Å². The van der Waals surface area contributed by atoms with Crippen LogP contribution in [0.4, 0.5) is 0 Å². The lowest BCUT2D eigenvalue weighted by Crippen LogP contribution is -2.47. The van der Waals surface area contributed by atoms with Gasteiger partial charge in [-0.2, -0.15) is 0 Å². The minimum Gasteiger partial charge on any atom is -0.378 e. The van der Waals surface area contributed by atoms with Crippen molar-refractivity contribution in [3.05, 3.63) is 0 Å². The zero-order valence-corrected chi connectivity index (χ0v) is 11.3. The molecule has 3 heteroatoms. The second-order valence-electron chi connectivity index (χ2n) is 5.78. The lowest BCUT2D eigenvalue weighted by Gasteiger charge is -2.29. The maximum absolute atomic E-state index is 5.49. The number of rotatable bonds is 5. The highest BCUT2D eigenvalue weighted by molar-refractivity contribution is 4.74. The van der Waals surface area contributed by atoms with Crippen LogP contribution >= 0.6 is 0 Å². The summed E-state index contributed by atoms with van der Waals surface area (Å²) >= 11 is 0. The van der Waals surface area contributed by atoms with Gasteiger partial charge in [-0.3, -0.25) is 0 Å². The van der Waals surface area contributed by atoms with E-state index < -0.39 is 0 Å². The van der Waals surface area contributed by atoms with E-state index in [-0.39, 0.29) is 0 Å². The summed E-state index contributed by atoms with van der Waals surface area (Å²) < 4.78 is 5.49. The van der Waals surface area contributed by atoms with Crippen LogP contribution in [0.15, 0.2) is 0 Å². The highest BCUT2D eigenvalue weighted by atomic mass is 16.5. The monoisotopic (exact) mass is 240 g/mol. The first-order valence-corrected chi connectivity index (χ1v) is 7.34. The summed E-state index contributed by atoms with van der Waals surface area (Å²) in [6.07, 6.45) is 8.73. The molecule has 0 spiro atoms. The fraction of sp³-hybridized carbons (Fsp3) is 1.00. The number of hydrogen-bond donors (Lipinski definition) is 1. The topological polar surface area (TPSA) is 24.5 Å². The van der Waals surface area contributed by atoms with Crippen molar-refractivity contribution in [1.82, 2.24) is 10.2 Å². The van der Waals surface area contributed by atoms with Gasteiger partial charge in [0.2, 0.25) is 0 Å². The molecule has 1 heterocycles. The minimum absolute atomic E-state index is 0.542. The Labute approximate surface area is 106 Å². The fourth-order valence-electron chi connectivity index (χ4n) is 3.08. The van der Waals surface area contributed by atoms with E-state index in [1.54, 1.807) is 0 Å². The van der Waals surface area contributed by atoms with Crippen molar-refractivity contribution in [2.75, 3.05) is 39.9 Å². The van der Waals surface area contributed by atoms with E-state index in [2.05, 4.69) is 17.3 Å². The van der Waals surface area contributed by atoms with Gasteiger partial charge in [0.05, 0.1) is 13.2 Å². The predicted octanol–water partition coefficient (Wildman–Crippen LogP) is 1.88. The standard InChI is InChI=1S/C14H28N2O/c1-16(11-14-12-17-10-8-15-14)9-7-13-5-3-2-4-6-13/h13-15H,2-12H2,1H3. The lowest BCUT2D eigenvalue weighted by atomic mass is 9.87. The lowest BCUT2D eigenvalue weighted by molar-refractivity contribution is 0.0644. The molecule has 1 aliphatic heterocycles. The van der Waals surface area contributed by atoms with Gasteiger partial charge in [-0.05, 0) is 25.9 Å². The molecular formula is C14H28N2O. The van der Waals surface area contributed by atoms with E-state index in [4.69, 9.17) is 4.74 Å². The van der Waals surface area contributed by atoms with E-state index in [1.807, 2.05) is 0 Å². The summed E-state index contributed by atoms with van der Waals surface area (Å²) in [5.41, 5.74) is 0. The summed E-state index contributed by atoms with van der Waals surface area (Å²) in [6.45, 7) is 5.16. The molecule has 100 valence electrons. The number of morpholine rings is 1. The van der Waals surface area contributed by atoms with E-state index in [9.17, 15) is 0 Å². The molecule has 0 bridgehead atoms. The molecule has 17 heavy (non-hydrogen) atoms. The summed E-state index contributed by atoms with van der Waals surface area (Å²) in [4.78, 5) is 2.47. The van der Waals surface area contributed by atoms with Gasteiger partial charge < -0.3 is 15.0 Å². The minimum atomic E-state index is 0.542. The molecule has 1 atom stereocenters. The van der Waals surface area contributed by atoms with Crippen LogP contribution in [0.25, 0.3) is 0 Å². The van der Waals surface area contributed by atoms with E-state index in [0.717, 1.165) is 32.2 Å². The first kappa shape index (κ1) is 13.3. The van der Waals surface area contributed by atoms with Crippen LogP contribution in [-0.2, 0) is 4.74 Å². The molecule has 1 saturated carbocycles. The van der Waals surface area contributed by atoms with Crippen LogP contribution in [0, 0.1) is 5.92 Å². The smallest absolute Gasteiger partial charge is 0.0632 e. The maximum atomic E-state index is 5.49. The van der Waals surface area contributed by atoms with Crippen LogP contribution in [0.3, 0.4) is 0 Å². The summed E-state index contributed by atoms with van der Waals surface area (Å²) in [6, 6.07) is 0.542. The zero-order valence-electron chi connectivity index (χ0n) is 11.3. The van der Waals surface area contributed by atoms with Crippen molar-refractivity contribution in [2.24, 2.45) is 5.92 Å². The molecule has 1 unspecified atom stereocenters. The van der Waals surface area contributed by atoms with Crippen molar-refractivity contribution in [3.8, 4) is 0 Å². The Kier molecular flexibility index (Phi) is 5.75. The predicted molar refractivity (Wildman–Crippen MR) is 71.3 cm³/mol. The number of likely N-dealkylation sites (N-methyl/N-ethyl adjacent to an activating group) is 1. The van der Waals surface area contributed by atoms with Crippen molar-refractivity contribution in [2.45, 2.75) is 44.6 Å². The number of hydrogen-bond acceptors (Lipinski definition) is 3. The normalized spacial score (nSPS) is 27.5. The van der Waals surface area contributed by atoms with Gasteiger partial charge in [0.25, 0.3) is 0 Å². The third-order valence-electron chi connectivity index (χ3n) is 4.17. The van der Waals surface area contributed by atoms with Crippen molar-refractivity contribution in [3.63, 3.8) is 0 Å². The average Bonchev–Trinajstić information content (AvgIpc) is 2.39. The van der Waals surface area contributed by atoms with Crippen molar-refractivity contribution in [1.29, 1.82) is 0 Å². The van der Waals surface area contributed by atoms with Crippen molar-refractivity contribution < 1.29 is 4.74 Å². The van der Waals surface area contributed by atoms with Crippen LogP contribution < -0.4 is 5.32 Å². The fourth-order valence-corrected chi connectivity index (χ4v) is 3.08. The average molecular weight is 240 g/mol. The summed E-state index contributed by atoms with van der Waals surface area (Å²) in [7, 11) is 2.25. The van der Waals surface area contributed by atoms with Gasteiger partial charge in [-0.1, -0.05) is 32.1 Å². The van der Waals surface area contributed by atoms with Gasteiger partial charge in [-0.15, -0.1) is 0 Å². The highest BCUT2D eigenvalue weighted by Crippen LogP contribution is 2.26. The van der Waals surface area contributed by atoms with E-state index in [1.165, 1.54) is 45.1 Å². The second kappa shape index (κ2) is 7.34. The summed E-state index contributed by atoms with van der Waals surface area (Å²) in [5.74, 6) is 1.00. The Bertz CT molecular complexity index is 198. The van der Waals surface area contributed by atoms with Crippen molar-refractivity contribution >= 4 is 0 Å². The Hall–Kier alpha value is -0.120. The van der Waals surface area contributed by atoms with Gasteiger partial charge in [0.1, 0.15) is 0 Å². The number of nitrogens with zero attached hydrogens (tertiary/aromatic N) is 1. The van der Waals surface area contributed by atoms with Crippen LogP contribution in [0.1, 0.15) is 38.5 Å². The Morgan fingerprint density at radius 1 is 1.24 bits per heavy atom. The number of nitrogens with one attached hydrogen (secondary N) is 1. The second-order valence-corrected chi connectivity index (χ2v) is 5.78. The molecule has 0 aromatic rings. The molecule has 0 radical (unpaired) electrons. The van der Waals surface area contributed by atoms with Gasteiger partial charge >= 0.3 is 0 Å². The molecule has 0 aromatic carbocycles. The first-order valence-electron chi connectivity index (χ1n) is 7.34. The summed E-state index contributed by atoms with van der Waals surface area (Å²) in [5, 5.41) is 3.52. The third-order valence-corrected chi connectivity index (χ3v) is 4.17. The molecule has 2 aliphatic rings. The molecular weight excluding hydrogens is 212 g/mol. The largest absolute Gasteiger partial charge is 0.378 e. The SMILES string of the molecule is CN(CCC1CCCCC1)CC1COCCN1. The maximum Gasteiger partial charge on any atom is 0.0632 e. The molecule has 2 fully saturated rings. The molecule has 1 aliphatic carbocycles. The zero-order chi connectivity index (χ0) is 11.9. The Morgan fingerprint density at radius 2 is 2.06 bits per heavy atom. The molecule has 0 aromatic heterocycles.